The van der Waals surface area contributed by atoms with Crippen molar-refractivity contribution in [2.75, 3.05) is 6.61 Å². The van der Waals surface area contributed by atoms with E-state index in [1.54, 1.807) is 54.6 Å². The van der Waals surface area contributed by atoms with Crippen LogP contribution in [0.3, 0.4) is 0 Å². The van der Waals surface area contributed by atoms with E-state index >= 15 is 0 Å². The first kappa shape index (κ1) is 25.5. The Morgan fingerprint density at radius 2 is 1.65 bits per heavy atom. The van der Waals surface area contributed by atoms with Gasteiger partial charge in [0.05, 0.1) is 18.9 Å². The first-order valence-electron chi connectivity index (χ1n) is 11.2. The van der Waals surface area contributed by atoms with Crippen molar-refractivity contribution in [2.24, 2.45) is 5.10 Å². The van der Waals surface area contributed by atoms with Crippen LogP contribution in [0.5, 0.6) is 11.5 Å². The fraction of sp³-hybridized carbons (Fsp3) is 0.259. The Morgan fingerprint density at radius 1 is 1.06 bits per heavy atom. The van der Waals surface area contributed by atoms with Crippen LogP contribution < -0.4 is 14.9 Å². The number of rotatable bonds is 10. The predicted octanol–water partition coefficient (Wildman–Crippen LogP) is 5.41. The van der Waals surface area contributed by atoms with E-state index in [0.717, 1.165) is 10.9 Å². The Labute approximate surface area is 208 Å². The van der Waals surface area contributed by atoms with Gasteiger partial charge in [0.2, 0.25) is 0 Å². The molecule has 178 valence electrons. The van der Waals surface area contributed by atoms with Crippen LogP contribution in [0.1, 0.15) is 43.9 Å². The number of aliphatic hydroxyl groups is 1. The number of ether oxygens (including phenoxy) is 2. The van der Waals surface area contributed by atoms with Crippen LogP contribution in [0.25, 0.3) is 0 Å². The smallest absolute Gasteiger partial charge is 0.281 e. The molecule has 1 atom stereocenters. The molecule has 6 nitrogen and oxygen atoms in total. The van der Waals surface area contributed by atoms with Crippen LogP contribution in [-0.2, 0) is 10.4 Å². The molecular formula is C27H29BrN2O4. The molecule has 1 amide bonds. The maximum atomic E-state index is 13.2. The molecule has 3 rings (SSSR count). The number of nitrogens with zero attached hydrogens (tertiary/aromatic N) is 1. The minimum atomic E-state index is -1.90. The molecule has 0 radical (unpaired) electrons. The summed E-state index contributed by atoms with van der Waals surface area (Å²) < 4.78 is 12.4. The van der Waals surface area contributed by atoms with Gasteiger partial charge in [-0.15, -0.1) is 0 Å². The van der Waals surface area contributed by atoms with Crippen LogP contribution in [-0.4, -0.2) is 29.9 Å². The molecule has 3 aromatic carbocycles. The third-order valence-corrected chi connectivity index (χ3v) is 6.03. The lowest BCUT2D eigenvalue weighted by Crippen LogP contribution is -2.43. The second kappa shape index (κ2) is 11.8. The van der Waals surface area contributed by atoms with Crippen LogP contribution in [0.15, 0.2) is 82.4 Å². The van der Waals surface area contributed by atoms with E-state index in [1.165, 1.54) is 6.21 Å². The molecule has 0 fully saturated rings. The molecular weight excluding hydrogens is 496 g/mol. The van der Waals surface area contributed by atoms with E-state index < -0.39 is 11.5 Å². The van der Waals surface area contributed by atoms with Gasteiger partial charge in [-0.25, -0.2) is 5.43 Å². The van der Waals surface area contributed by atoms with Crippen molar-refractivity contribution in [3.8, 4) is 11.5 Å². The maximum Gasteiger partial charge on any atom is 0.281 e. The van der Waals surface area contributed by atoms with Gasteiger partial charge < -0.3 is 14.6 Å². The van der Waals surface area contributed by atoms with Crippen LogP contribution in [0.4, 0.5) is 0 Å². The minimum absolute atomic E-state index is 0.0403. The monoisotopic (exact) mass is 524 g/mol. The zero-order valence-corrected chi connectivity index (χ0v) is 21.1. The summed E-state index contributed by atoms with van der Waals surface area (Å²) in [7, 11) is 0. The molecule has 3 aromatic rings. The molecule has 7 heteroatoms. The zero-order valence-electron chi connectivity index (χ0n) is 19.5. The number of carbonyl (C=O) groups is 1. The first-order valence-corrected chi connectivity index (χ1v) is 12.0. The van der Waals surface area contributed by atoms with E-state index in [9.17, 15) is 9.90 Å². The fourth-order valence-corrected chi connectivity index (χ4v) is 3.76. The number of benzene rings is 3. The Bertz CT molecular complexity index is 1080. The summed E-state index contributed by atoms with van der Waals surface area (Å²) in [6.45, 7) is 6.43. The largest absolute Gasteiger partial charge is 0.490 e. The summed E-state index contributed by atoms with van der Waals surface area (Å²) in [6, 6.07) is 21.2. The molecule has 0 heterocycles. The first-order chi connectivity index (χ1) is 16.4. The van der Waals surface area contributed by atoms with Crippen molar-refractivity contribution in [3.63, 3.8) is 0 Å². The number of carbonyl (C=O) groups excluding carboxylic acids is 1. The predicted molar refractivity (Wildman–Crippen MR) is 137 cm³/mol. The standard InChI is InChI=1S/C27H29BrN2O4/c1-4-19(3)34-25-17-23(28)20(16-24(25)33-5-2)18-29-30-26(31)27(32,21-12-8-6-9-13-21)22-14-10-7-11-15-22/h6-19,32H,4-5H2,1-3H3,(H,30,31)/b29-18-/t19-/m1/s1. The molecule has 0 aliphatic carbocycles. The highest BCUT2D eigenvalue weighted by Gasteiger charge is 2.39. The van der Waals surface area contributed by atoms with E-state index in [4.69, 9.17) is 9.47 Å². The third-order valence-electron chi connectivity index (χ3n) is 5.35. The Hall–Kier alpha value is -3.16. The number of hydrogen-bond acceptors (Lipinski definition) is 5. The van der Waals surface area contributed by atoms with Gasteiger partial charge in [-0.3, -0.25) is 4.79 Å². The molecule has 34 heavy (non-hydrogen) atoms. The summed E-state index contributed by atoms with van der Waals surface area (Å²) >= 11 is 3.54. The van der Waals surface area contributed by atoms with E-state index in [1.807, 2.05) is 32.0 Å². The van der Waals surface area contributed by atoms with Gasteiger partial charge in [0, 0.05) is 10.0 Å². The van der Waals surface area contributed by atoms with Crippen molar-refractivity contribution in [3.05, 3.63) is 94.0 Å². The number of hydrazone groups is 1. The van der Waals surface area contributed by atoms with Crippen LogP contribution in [0, 0.1) is 0 Å². The lowest BCUT2D eigenvalue weighted by Gasteiger charge is -2.27. The number of hydrogen-bond donors (Lipinski definition) is 2. The second-order valence-corrected chi connectivity index (χ2v) is 8.59. The summed E-state index contributed by atoms with van der Waals surface area (Å²) in [5.74, 6) is 0.551. The van der Waals surface area contributed by atoms with E-state index in [2.05, 4.69) is 33.4 Å². The molecule has 0 aliphatic rings. The molecule has 2 N–H and O–H groups in total. The average molecular weight is 525 g/mol. The highest BCUT2D eigenvalue weighted by atomic mass is 79.9. The zero-order chi connectivity index (χ0) is 24.6. The fourth-order valence-electron chi connectivity index (χ4n) is 3.34. The molecule has 0 saturated heterocycles. The highest BCUT2D eigenvalue weighted by molar-refractivity contribution is 9.10. The van der Waals surface area contributed by atoms with Gasteiger partial charge in [-0.1, -0.05) is 67.6 Å². The normalized spacial score (nSPS) is 12.4. The number of nitrogens with one attached hydrogen (secondary N) is 1. The summed E-state index contributed by atoms with van der Waals surface area (Å²) in [5, 5.41) is 15.6. The average Bonchev–Trinajstić information content (AvgIpc) is 2.86. The highest BCUT2D eigenvalue weighted by Crippen LogP contribution is 2.34. The summed E-state index contributed by atoms with van der Waals surface area (Å²) in [6.07, 6.45) is 2.40. The van der Waals surface area contributed by atoms with Crippen molar-refractivity contribution in [1.29, 1.82) is 0 Å². The van der Waals surface area contributed by atoms with Gasteiger partial charge >= 0.3 is 0 Å². The SMILES string of the molecule is CCOc1cc(/C=N\NC(=O)C(O)(c2ccccc2)c2ccccc2)c(Br)cc1O[C@H](C)CC. The second-order valence-electron chi connectivity index (χ2n) is 7.73. The summed E-state index contributed by atoms with van der Waals surface area (Å²) in [4.78, 5) is 13.2. The molecule has 0 bridgehead atoms. The number of halogens is 1. The molecule has 0 saturated carbocycles. The third kappa shape index (κ3) is 5.85. The Kier molecular flexibility index (Phi) is 8.85. The molecule has 0 aliphatic heterocycles. The van der Waals surface area contributed by atoms with Gasteiger partial charge in [0.15, 0.2) is 17.1 Å². The lowest BCUT2D eigenvalue weighted by molar-refractivity contribution is -0.136. The van der Waals surface area contributed by atoms with E-state index in [-0.39, 0.29) is 6.10 Å². The molecule has 0 unspecified atom stereocenters. The van der Waals surface area contributed by atoms with E-state index in [0.29, 0.717) is 34.8 Å². The van der Waals surface area contributed by atoms with Crippen molar-refractivity contribution in [2.45, 2.75) is 38.9 Å². The van der Waals surface area contributed by atoms with Gasteiger partial charge in [-0.2, -0.15) is 5.10 Å². The van der Waals surface area contributed by atoms with Gasteiger partial charge in [0.1, 0.15) is 0 Å². The topological polar surface area (TPSA) is 80.2 Å². The van der Waals surface area contributed by atoms with Crippen LogP contribution in [0.2, 0.25) is 0 Å². The maximum absolute atomic E-state index is 13.2. The molecule has 0 spiro atoms. The summed E-state index contributed by atoms with van der Waals surface area (Å²) in [5.41, 5.74) is 2.16. The number of amides is 1. The van der Waals surface area contributed by atoms with Crippen molar-refractivity contribution < 1.29 is 19.4 Å². The van der Waals surface area contributed by atoms with Gasteiger partial charge in [-0.05, 0) is 59.5 Å². The quantitative estimate of drug-likeness (QED) is 0.274. The van der Waals surface area contributed by atoms with Crippen molar-refractivity contribution in [1.82, 2.24) is 5.43 Å². The lowest BCUT2D eigenvalue weighted by atomic mass is 9.85. The minimum Gasteiger partial charge on any atom is -0.490 e. The van der Waals surface area contributed by atoms with Crippen molar-refractivity contribution >= 4 is 28.1 Å². The van der Waals surface area contributed by atoms with Gasteiger partial charge in [0.25, 0.3) is 5.91 Å². The Balaban J connectivity index is 1.87. The molecule has 0 aromatic heterocycles. The Morgan fingerprint density at radius 3 is 2.18 bits per heavy atom. The van der Waals surface area contributed by atoms with Crippen LogP contribution >= 0.6 is 15.9 Å².